The molecule has 0 saturated carbocycles. The average Bonchev–Trinajstić information content (AvgIpc) is 2.09. The van der Waals surface area contributed by atoms with E-state index in [1.807, 2.05) is 18.2 Å². The Balaban J connectivity index is 2.90. The van der Waals surface area contributed by atoms with Gasteiger partial charge in [-0.05, 0) is 5.19 Å². The third-order valence-corrected chi connectivity index (χ3v) is 2.87. The van der Waals surface area contributed by atoms with Gasteiger partial charge in [0, 0.05) is 0 Å². The molecule has 0 atom stereocenters. The number of benzene rings is 1. The molecule has 1 aromatic rings. The van der Waals surface area contributed by atoms with E-state index in [4.69, 9.17) is 0 Å². The molecular weight excluding hydrogens is 156 g/mol. The molecule has 11 heavy (non-hydrogen) atoms. The Morgan fingerprint density at radius 2 is 1.55 bits per heavy atom. The fourth-order valence-corrected chi connectivity index (χ4v) is 1.70. The molecule has 0 spiro atoms. The first-order valence-corrected chi connectivity index (χ1v) is 4.86. The molecule has 55 valence electrons. The van der Waals surface area contributed by atoms with E-state index in [9.17, 15) is 9.59 Å². The topological polar surface area (TPSA) is 34.1 Å². The van der Waals surface area contributed by atoms with E-state index in [1.54, 1.807) is 12.1 Å². The highest BCUT2D eigenvalue weighted by molar-refractivity contribution is 7.11. The van der Waals surface area contributed by atoms with Crippen molar-refractivity contribution in [3.05, 3.63) is 30.3 Å². The highest BCUT2D eigenvalue weighted by atomic mass is 28.3. The van der Waals surface area contributed by atoms with Gasteiger partial charge in [0.05, 0.1) is 0 Å². The number of hydrogen-bond acceptors (Lipinski definition) is 2. The average molecular weight is 163 g/mol. The smallest absolute Gasteiger partial charge is 0.241 e. The Morgan fingerprint density at radius 3 is 2.00 bits per heavy atom. The van der Waals surface area contributed by atoms with E-state index in [2.05, 4.69) is 0 Å². The molecule has 0 aliphatic rings. The lowest BCUT2D eigenvalue weighted by atomic mass is 10.4. The SMILES string of the molecule is O=C[Si](C=O)c1ccccc1. The Hall–Kier alpha value is -1.22. The van der Waals surface area contributed by atoms with E-state index in [-0.39, 0.29) is 0 Å². The van der Waals surface area contributed by atoms with Crippen molar-refractivity contribution in [2.45, 2.75) is 0 Å². The third kappa shape index (κ3) is 1.85. The molecule has 2 nitrogen and oxygen atoms in total. The molecule has 0 aromatic heterocycles. The Morgan fingerprint density at radius 1 is 1.00 bits per heavy atom. The summed E-state index contributed by atoms with van der Waals surface area (Å²) < 4.78 is 0. The minimum absolute atomic E-state index is 0.743. The van der Waals surface area contributed by atoms with Gasteiger partial charge in [0.15, 0.2) is 0 Å². The Bertz CT molecular complexity index is 238. The van der Waals surface area contributed by atoms with E-state index in [1.165, 1.54) is 0 Å². The van der Waals surface area contributed by atoms with Gasteiger partial charge in [-0.3, -0.25) is 0 Å². The summed E-state index contributed by atoms with van der Waals surface area (Å²) in [7, 11) is -1.56. The van der Waals surface area contributed by atoms with Crippen LogP contribution in [0.3, 0.4) is 0 Å². The molecule has 0 fully saturated rings. The molecule has 0 saturated heterocycles. The predicted octanol–water partition coefficient (Wildman–Crippen LogP) is -0.0678. The van der Waals surface area contributed by atoms with Crippen molar-refractivity contribution in [3.63, 3.8) is 0 Å². The maximum absolute atomic E-state index is 10.4. The van der Waals surface area contributed by atoms with Crippen LogP contribution < -0.4 is 5.19 Å². The molecule has 0 amide bonds. The molecule has 1 radical (unpaired) electrons. The monoisotopic (exact) mass is 163 g/mol. The first-order chi connectivity index (χ1) is 5.38. The van der Waals surface area contributed by atoms with Crippen molar-refractivity contribution in [1.29, 1.82) is 0 Å². The van der Waals surface area contributed by atoms with Crippen LogP contribution in [0.1, 0.15) is 0 Å². The number of rotatable bonds is 3. The van der Waals surface area contributed by atoms with Crippen molar-refractivity contribution in [1.82, 2.24) is 0 Å². The zero-order chi connectivity index (χ0) is 8.10. The van der Waals surface area contributed by atoms with Gasteiger partial charge in [-0.15, -0.1) is 0 Å². The summed E-state index contributed by atoms with van der Waals surface area (Å²) in [6.45, 7) is 0. The highest BCUT2D eigenvalue weighted by Crippen LogP contribution is 1.83. The second-order valence-corrected chi connectivity index (χ2v) is 4.02. The number of hydrogen-bond donors (Lipinski definition) is 0. The molecule has 0 aliphatic heterocycles. The van der Waals surface area contributed by atoms with E-state index in [0.717, 1.165) is 17.0 Å². The van der Waals surface area contributed by atoms with E-state index < -0.39 is 8.80 Å². The van der Waals surface area contributed by atoms with Crippen molar-refractivity contribution in [2.75, 3.05) is 0 Å². The minimum Gasteiger partial charge on any atom is -0.308 e. The summed E-state index contributed by atoms with van der Waals surface area (Å²) in [5.41, 5.74) is 0. The lowest BCUT2D eigenvalue weighted by Gasteiger charge is -1.96. The molecule has 0 bridgehead atoms. The van der Waals surface area contributed by atoms with Gasteiger partial charge in [0.25, 0.3) is 0 Å². The highest BCUT2D eigenvalue weighted by Gasteiger charge is 2.10. The van der Waals surface area contributed by atoms with Gasteiger partial charge in [0.1, 0.15) is 11.8 Å². The fourth-order valence-electron chi connectivity index (χ4n) is 0.794. The van der Waals surface area contributed by atoms with E-state index in [0.29, 0.717) is 0 Å². The first kappa shape index (κ1) is 7.88. The third-order valence-electron chi connectivity index (χ3n) is 1.36. The molecule has 1 rings (SSSR count). The van der Waals surface area contributed by atoms with Crippen LogP contribution in [-0.4, -0.2) is 20.6 Å². The van der Waals surface area contributed by atoms with Crippen molar-refractivity contribution in [2.24, 2.45) is 0 Å². The second kappa shape index (κ2) is 3.83. The normalized spacial score (nSPS) is 9.55. The maximum Gasteiger partial charge on any atom is 0.241 e. The van der Waals surface area contributed by atoms with Gasteiger partial charge in [-0.2, -0.15) is 0 Å². The molecule has 0 unspecified atom stereocenters. The zero-order valence-corrected chi connectivity index (χ0v) is 6.86. The Kier molecular flexibility index (Phi) is 2.74. The van der Waals surface area contributed by atoms with Gasteiger partial charge in [-0.1, -0.05) is 30.3 Å². The van der Waals surface area contributed by atoms with Gasteiger partial charge in [-0.25, -0.2) is 0 Å². The van der Waals surface area contributed by atoms with Crippen LogP contribution in [0.4, 0.5) is 0 Å². The van der Waals surface area contributed by atoms with Crippen LogP contribution in [-0.2, 0) is 9.59 Å². The summed E-state index contributed by atoms with van der Waals surface area (Å²) in [6.07, 6.45) is 0. The molecule has 0 N–H and O–H groups in total. The van der Waals surface area contributed by atoms with Gasteiger partial charge >= 0.3 is 0 Å². The van der Waals surface area contributed by atoms with Gasteiger partial charge < -0.3 is 9.59 Å². The first-order valence-electron chi connectivity index (χ1n) is 3.21. The van der Waals surface area contributed by atoms with E-state index >= 15 is 0 Å². The summed E-state index contributed by atoms with van der Waals surface area (Å²) in [5.74, 6) is 1.49. The summed E-state index contributed by atoms with van der Waals surface area (Å²) >= 11 is 0. The molecule has 3 heteroatoms. The van der Waals surface area contributed by atoms with Crippen LogP contribution in [0, 0.1) is 0 Å². The fraction of sp³-hybridized carbons (Fsp3) is 0. The predicted molar refractivity (Wildman–Crippen MR) is 45.3 cm³/mol. The van der Waals surface area contributed by atoms with Crippen LogP contribution in [0.15, 0.2) is 30.3 Å². The van der Waals surface area contributed by atoms with Crippen LogP contribution in [0.5, 0.6) is 0 Å². The Labute approximate surface area is 66.5 Å². The lowest BCUT2D eigenvalue weighted by molar-refractivity contribution is 0.563. The minimum atomic E-state index is -1.56. The van der Waals surface area contributed by atoms with Crippen LogP contribution in [0.2, 0.25) is 0 Å². The van der Waals surface area contributed by atoms with Crippen LogP contribution >= 0.6 is 0 Å². The molecule has 0 aliphatic carbocycles. The zero-order valence-electron chi connectivity index (χ0n) is 5.86. The number of carbonyl (C=O) groups is 2. The lowest BCUT2D eigenvalue weighted by Crippen LogP contribution is -2.33. The maximum atomic E-state index is 10.4. The summed E-state index contributed by atoms with van der Waals surface area (Å²) in [4.78, 5) is 20.7. The van der Waals surface area contributed by atoms with Crippen LogP contribution in [0.25, 0.3) is 0 Å². The van der Waals surface area contributed by atoms with Crippen molar-refractivity contribution in [3.8, 4) is 0 Å². The quantitative estimate of drug-likeness (QED) is 0.462. The summed E-state index contributed by atoms with van der Waals surface area (Å²) in [5, 5.41) is 0.850. The van der Waals surface area contributed by atoms with Crippen molar-refractivity contribution >= 4 is 25.8 Å². The summed E-state index contributed by atoms with van der Waals surface area (Å²) in [6, 6.07) is 9.12. The molecule has 1 aromatic carbocycles. The molecule has 0 heterocycles. The van der Waals surface area contributed by atoms with Gasteiger partial charge in [0.2, 0.25) is 8.80 Å². The standard InChI is InChI=1S/C8H7O2Si/c9-6-11(7-10)8-4-2-1-3-5-8/h1-7H. The largest absolute Gasteiger partial charge is 0.308 e. The second-order valence-electron chi connectivity index (χ2n) is 2.06. The number of carbonyl (C=O) groups excluding carboxylic acids is 2. The van der Waals surface area contributed by atoms with Crippen molar-refractivity contribution < 1.29 is 9.59 Å². The molecular formula is C8H7O2Si.